The lowest BCUT2D eigenvalue weighted by molar-refractivity contribution is -0.0710. The molecule has 2 atom stereocenters. The second kappa shape index (κ2) is 4.18. The van der Waals surface area contributed by atoms with Crippen LogP contribution in [0.5, 0.6) is 0 Å². The summed E-state index contributed by atoms with van der Waals surface area (Å²) in [7, 11) is -0.975. The van der Waals surface area contributed by atoms with Crippen LogP contribution in [0.15, 0.2) is 0 Å². The van der Waals surface area contributed by atoms with Crippen LogP contribution < -0.4 is 10.0 Å². The molecule has 0 spiro atoms. The molecule has 5 heteroatoms. The summed E-state index contributed by atoms with van der Waals surface area (Å²) < 4.78 is 25.4. The van der Waals surface area contributed by atoms with Gasteiger partial charge in [0.05, 0.1) is 6.26 Å². The van der Waals surface area contributed by atoms with Crippen molar-refractivity contribution in [3.05, 3.63) is 0 Å². The molecule has 0 aliphatic heterocycles. The summed E-state index contributed by atoms with van der Waals surface area (Å²) >= 11 is 0. The van der Waals surface area contributed by atoms with Crippen molar-refractivity contribution < 1.29 is 8.42 Å². The van der Waals surface area contributed by atoms with Gasteiger partial charge in [0.15, 0.2) is 0 Å². The van der Waals surface area contributed by atoms with Gasteiger partial charge in [-0.15, -0.1) is 0 Å². The Kier molecular flexibility index (Phi) is 2.99. The van der Waals surface area contributed by atoms with E-state index in [4.69, 9.17) is 0 Å². The second-order valence-corrected chi connectivity index (χ2v) is 8.71. The molecule has 4 aliphatic rings. The summed E-state index contributed by atoms with van der Waals surface area (Å²) in [6, 6.07) is 0.674. The Hall–Kier alpha value is -0.130. The zero-order valence-corrected chi connectivity index (χ0v) is 12.1. The zero-order valence-electron chi connectivity index (χ0n) is 11.3. The van der Waals surface area contributed by atoms with Gasteiger partial charge in [-0.25, -0.2) is 13.1 Å². The number of hydrogen-bond acceptors (Lipinski definition) is 3. The van der Waals surface area contributed by atoms with E-state index in [-0.39, 0.29) is 5.41 Å². The molecule has 0 aromatic carbocycles. The lowest BCUT2D eigenvalue weighted by Gasteiger charge is -2.60. The van der Waals surface area contributed by atoms with E-state index in [0.29, 0.717) is 12.6 Å². The van der Waals surface area contributed by atoms with Crippen molar-refractivity contribution in [3.63, 3.8) is 0 Å². The molecule has 0 aromatic rings. The smallest absolute Gasteiger partial charge is 0.208 e. The van der Waals surface area contributed by atoms with Gasteiger partial charge in [-0.3, -0.25) is 0 Å². The number of hydrogen-bond donors (Lipinski definition) is 2. The van der Waals surface area contributed by atoms with Gasteiger partial charge in [-0.2, -0.15) is 0 Å². The summed E-state index contributed by atoms with van der Waals surface area (Å²) in [6.45, 7) is 0.658. The van der Waals surface area contributed by atoms with Crippen molar-refractivity contribution in [2.24, 2.45) is 23.2 Å². The monoisotopic (exact) mass is 272 g/mol. The van der Waals surface area contributed by atoms with Gasteiger partial charge >= 0.3 is 0 Å². The van der Waals surface area contributed by atoms with E-state index in [1.165, 1.54) is 38.4 Å². The highest BCUT2D eigenvalue weighted by molar-refractivity contribution is 7.88. The number of nitrogens with one attached hydrogen (secondary N) is 2. The molecule has 0 saturated heterocycles. The fraction of sp³-hybridized carbons (Fsp3) is 1.00. The average molecular weight is 272 g/mol. The maximum atomic E-state index is 11.3. The molecule has 0 amide bonds. The summed E-state index contributed by atoms with van der Waals surface area (Å²) in [4.78, 5) is 0. The van der Waals surface area contributed by atoms with Crippen molar-refractivity contribution in [1.82, 2.24) is 10.0 Å². The lowest BCUT2D eigenvalue weighted by Crippen LogP contribution is -2.59. The maximum Gasteiger partial charge on any atom is 0.208 e. The highest BCUT2D eigenvalue weighted by Gasteiger charge is 2.54. The van der Waals surface area contributed by atoms with Gasteiger partial charge in [-0.05, 0) is 62.3 Å². The highest BCUT2D eigenvalue weighted by Crippen LogP contribution is 2.59. The minimum Gasteiger partial charge on any atom is -0.316 e. The first-order valence-electron chi connectivity index (χ1n) is 7.03. The molecule has 4 bridgehead atoms. The Balaban J connectivity index is 1.76. The molecule has 4 saturated carbocycles. The molecule has 0 aromatic heterocycles. The minimum absolute atomic E-state index is 0.257. The van der Waals surface area contributed by atoms with Crippen LogP contribution in [0, 0.1) is 23.2 Å². The Labute approximate surface area is 110 Å². The Morgan fingerprint density at radius 1 is 1.17 bits per heavy atom. The van der Waals surface area contributed by atoms with Crippen molar-refractivity contribution >= 4 is 10.0 Å². The predicted molar refractivity (Wildman–Crippen MR) is 71.7 cm³/mol. The van der Waals surface area contributed by atoms with E-state index < -0.39 is 10.0 Å². The lowest BCUT2D eigenvalue weighted by atomic mass is 9.48. The summed E-state index contributed by atoms with van der Waals surface area (Å²) in [5, 5.41) is 3.50. The first-order valence-corrected chi connectivity index (χ1v) is 8.92. The van der Waals surface area contributed by atoms with E-state index in [9.17, 15) is 8.42 Å². The predicted octanol–water partition coefficient (Wildman–Crippen LogP) is 0.950. The van der Waals surface area contributed by atoms with Crippen LogP contribution in [-0.2, 0) is 10.0 Å². The van der Waals surface area contributed by atoms with E-state index >= 15 is 0 Å². The fourth-order valence-corrected chi connectivity index (χ4v) is 5.73. The van der Waals surface area contributed by atoms with Gasteiger partial charge in [0, 0.05) is 12.6 Å². The van der Waals surface area contributed by atoms with Crippen molar-refractivity contribution in [1.29, 1.82) is 0 Å². The van der Waals surface area contributed by atoms with Crippen LogP contribution in [0.1, 0.15) is 32.1 Å². The molecule has 4 aliphatic carbocycles. The standard InChI is InChI=1S/C13H24N2O2S/c1-14-12-10-3-9-4-11(12)7-13(5-9,6-10)8-15-18(2,16)17/h9-12,14-15H,3-8H2,1-2H3. The molecule has 4 fully saturated rings. The van der Waals surface area contributed by atoms with E-state index in [1.54, 1.807) is 0 Å². The third-order valence-electron chi connectivity index (χ3n) is 5.44. The summed E-state index contributed by atoms with van der Waals surface area (Å²) in [6.07, 6.45) is 7.61. The van der Waals surface area contributed by atoms with Crippen LogP contribution in [0.3, 0.4) is 0 Å². The van der Waals surface area contributed by atoms with Gasteiger partial charge in [0.1, 0.15) is 0 Å². The van der Waals surface area contributed by atoms with Crippen LogP contribution in [-0.4, -0.2) is 34.3 Å². The molecular weight excluding hydrogens is 248 g/mol. The average Bonchev–Trinajstić information content (AvgIpc) is 2.25. The van der Waals surface area contributed by atoms with Crippen LogP contribution in [0.2, 0.25) is 0 Å². The van der Waals surface area contributed by atoms with Gasteiger partial charge in [0.25, 0.3) is 0 Å². The van der Waals surface area contributed by atoms with Crippen molar-refractivity contribution in [2.75, 3.05) is 19.8 Å². The van der Waals surface area contributed by atoms with Crippen molar-refractivity contribution in [3.8, 4) is 0 Å². The summed E-state index contributed by atoms with van der Waals surface area (Å²) in [5.41, 5.74) is 0.257. The highest BCUT2D eigenvalue weighted by atomic mass is 32.2. The van der Waals surface area contributed by atoms with Crippen LogP contribution >= 0.6 is 0 Å². The third kappa shape index (κ3) is 2.21. The molecule has 2 N–H and O–H groups in total. The SMILES string of the molecule is CNC1C2CC3CC1CC(CNS(C)(=O)=O)(C3)C2. The van der Waals surface area contributed by atoms with Crippen LogP contribution in [0.4, 0.5) is 0 Å². The Morgan fingerprint density at radius 2 is 1.78 bits per heavy atom. The molecule has 4 rings (SSSR count). The molecule has 0 heterocycles. The van der Waals surface area contributed by atoms with Crippen LogP contribution in [0.25, 0.3) is 0 Å². The quantitative estimate of drug-likeness (QED) is 0.801. The largest absolute Gasteiger partial charge is 0.316 e. The Morgan fingerprint density at radius 3 is 2.28 bits per heavy atom. The van der Waals surface area contributed by atoms with Gasteiger partial charge < -0.3 is 5.32 Å². The first-order chi connectivity index (χ1) is 8.41. The summed E-state index contributed by atoms with van der Waals surface area (Å²) in [5.74, 6) is 2.37. The van der Waals surface area contributed by atoms with Crippen molar-refractivity contribution in [2.45, 2.75) is 38.1 Å². The molecular formula is C13H24N2O2S. The molecule has 0 radical (unpaired) electrons. The number of sulfonamides is 1. The number of rotatable bonds is 4. The zero-order chi connectivity index (χ0) is 13.0. The Bertz CT molecular complexity index is 418. The second-order valence-electron chi connectivity index (χ2n) is 6.88. The topological polar surface area (TPSA) is 58.2 Å². The van der Waals surface area contributed by atoms with Gasteiger partial charge in [0.2, 0.25) is 10.0 Å². The molecule has 104 valence electrons. The van der Waals surface area contributed by atoms with E-state index in [1.807, 2.05) is 0 Å². The first kappa shape index (κ1) is 12.9. The molecule has 2 unspecified atom stereocenters. The fourth-order valence-electron chi connectivity index (χ4n) is 5.16. The maximum absolute atomic E-state index is 11.3. The minimum atomic E-state index is -3.05. The molecule has 4 nitrogen and oxygen atoms in total. The van der Waals surface area contributed by atoms with E-state index in [2.05, 4.69) is 17.1 Å². The third-order valence-corrected chi connectivity index (χ3v) is 6.11. The van der Waals surface area contributed by atoms with E-state index in [0.717, 1.165) is 17.8 Å². The molecule has 18 heavy (non-hydrogen) atoms. The normalized spacial score (nSPS) is 46.6. The van der Waals surface area contributed by atoms with Gasteiger partial charge in [-0.1, -0.05) is 0 Å².